The number of H-pyrrole nitrogens is 2. The average Bonchev–Trinajstić information content (AvgIpc) is 4.09. The van der Waals surface area contributed by atoms with E-state index in [4.69, 9.17) is 19.4 Å². The van der Waals surface area contributed by atoms with Crippen LogP contribution in [-0.2, 0) is 19.1 Å². The second-order valence-corrected chi connectivity index (χ2v) is 17.1. The van der Waals surface area contributed by atoms with E-state index in [2.05, 4.69) is 57.0 Å². The number of aromatic nitrogens is 4. The Balaban J connectivity index is 0.925. The van der Waals surface area contributed by atoms with Crippen molar-refractivity contribution in [1.82, 2.24) is 40.4 Å². The first-order valence-corrected chi connectivity index (χ1v) is 21.0. The van der Waals surface area contributed by atoms with E-state index >= 15 is 0 Å². The molecular formula is C44H52N8O8. The van der Waals surface area contributed by atoms with Crippen LogP contribution in [0.3, 0.4) is 0 Å². The van der Waals surface area contributed by atoms with Crippen LogP contribution in [0.15, 0.2) is 48.8 Å². The third-order valence-corrected chi connectivity index (χ3v) is 13.7. The summed E-state index contributed by atoms with van der Waals surface area (Å²) in [4.78, 5) is 72.4. The van der Waals surface area contributed by atoms with Gasteiger partial charge in [0.2, 0.25) is 11.8 Å². The Hall–Kier alpha value is -5.74. The van der Waals surface area contributed by atoms with E-state index in [-0.39, 0.29) is 36.0 Å². The number of aliphatic hydroxyl groups is 2. The normalized spacial score (nSPS) is 25.6. The summed E-state index contributed by atoms with van der Waals surface area (Å²) in [7, 11) is 2.45. The molecule has 4 aromatic rings. The number of hydrogen-bond donors (Lipinski definition) is 6. The zero-order chi connectivity index (χ0) is 42.0. The molecule has 2 saturated heterocycles. The molecule has 10 atom stereocenters. The number of aliphatic hydroxyl groups excluding tert-OH is 2. The van der Waals surface area contributed by atoms with Gasteiger partial charge in [-0.3, -0.25) is 9.59 Å². The summed E-state index contributed by atoms with van der Waals surface area (Å²) in [5.74, 6) is 1.30. The molecule has 4 fully saturated rings. The number of rotatable bonds is 10. The predicted molar refractivity (Wildman–Crippen MR) is 219 cm³/mol. The van der Waals surface area contributed by atoms with Gasteiger partial charge in [-0.1, -0.05) is 37.1 Å². The van der Waals surface area contributed by atoms with E-state index in [9.17, 15) is 29.4 Å². The van der Waals surface area contributed by atoms with Crippen LogP contribution in [0.25, 0.3) is 44.8 Å². The molecule has 5 aliphatic rings. The van der Waals surface area contributed by atoms with Gasteiger partial charge in [0.05, 0.1) is 62.3 Å². The van der Waals surface area contributed by atoms with Crippen molar-refractivity contribution in [2.75, 3.05) is 14.2 Å². The Morgan fingerprint density at radius 3 is 1.47 bits per heavy atom. The first-order chi connectivity index (χ1) is 28.9. The van der Waals surface area contributed by atoms with Gasteiger partial charge in [0, 0.05) is 23.2 Å². The molecule has 16 nitrogen and oxygen atoms in total. The van der Waals surface area contributed by atoms with Crippen LogP contribution in [0.4, 0.5) is 9.59 Å². The average molecular weight is 821 g/mol. The molecule has 316 valence electrons. The molecule has 1 unspecified atom stereocenters. The lowest BCUT2D eigenvalue weighted by Gasteiger charge is -2.33. The highest BCUT2D eigenvalue weighted by Crippen LogP contribution is 2.51. The van der Waals surface area contributed by atoms with Crippen LogP contribution in [-0.4, -0.2) is 115 Å². The van der Waals surface area contributed by atoms with Crippen molar-refractivity contribution in [2.24, 2.45) is 11.8 Å². The van der Waals surface area contributed by atoms with Gasteiger partial charge in [-0.2, -0.15) is 0 Å². The number of carbonyl (C=O) groups is 4. The van der Waals surface area contributed by atoms with Crippen molar-refractivity contribution in [1.29, 1.82) is 0 Å². The fourth-order valence-electron chi connectivity index (χ4n) is 10.8. The minimum absolute atomic E-state index is 0.00894. The largest absolute Gasteiger partial charge is 0.453 e. The van der Waals surface area contributed by atoms with E-state index in [0.29, 0.717) is 23.5 Å². The van der Waals surface area contributed by atoms with Gasteiger partial charge in [0.25, 0.3) is 0 Å². The number of likely N-dealkylation sites (tertiary alicyclic amines) is 2. The molecule has 2 saturated carbocycles. The Kier molecular flexibility index (Phi) is 10.4. The van der Waals surface area contributed by atoms with E-state index in [1.807, 2.05) is 9.80 Å². The molecule has 2 aromatic carbocycles. The highest BCUT2D eigenvalue weighted by molar-refractivity contribution is 6.04. The number of benzene rings is 2. The number of fused-ring (bicyclic) bond motifs is 6. The van der Waals surface area contributed by atoms with Gasteiger partial charge in [-0.05, 0) is 98.6 Å². The van der Waals surface area contributed by atoms with Crippen molar-refractivity contribution in [2.45, 2.75) is 114 Å². The Labute approximate surface area is 347 Å². The third kappa shape index (κ3) is 6.79. The number of hydrogen-bond acceptors (Lipinski definition) is 10. The molecule has 2 aliphatic heterocycles. The van der Waals surface area contributed by atoms with Crippen LogP contribution in [0.2, 0.25) is 0 Å². The van der Waals surface area contributed by atoms with Crippen LogP contribution in [0.5, 0.6) is 0 Å². The van der Waals surface area contributed by atoms with Gasteiger partial charge in [0.1, 0.15) is 23.7 Å². The van der Waals surface area contributed by atoms with E-state index in [1.54, 1.807) is 12.4 Å². The van der Waals surface area contributed by atoms with Crippen molar-refractivity contribution in [3.63, 3.8) is 0 Å². The van der Waals surface area contributed by atoms with Crippen LogP contribution in [0, 0.1) is 11.8 Å². The summed E-state index contributed by atoms with van der Waals surface area (Å²) in [5, 5.41) is 26.1. The molecule has 60 heavy (non-hydrogen) atoms. The summed E-state index contributed by atoms with van der Waals surface area (Å²) in [6.45, 7) is 2.98. The molecule has 4 heterocycles. The number of alkyl carbamates (subject to hydrolysis) is 2. The zero-order valence-corrected chi connectivity index (χ0v) is 34.2. The highest BCUT2D eigenvalue weighted by atomic mass is 16.5. The zero-order valence-electron chi connectivity index (χ0n) is 34.2. The highest BCUT2D eigenvalue weighted by Gasteiger charge is 2.51. The van der Waals surface area contributed by atoms with Gasteiger partial charge in [-0.15, -0.1) is 0 Å². The maximum Gasteiger partial charge on any atom is 0.407 e. The number of nitrogens with one attached hydrogen (secondary N) is 4. The number of nitrogens with zero attached hydrogens (tertiary/aromatic N) is 4. The number of imidazole rings is 2. The number of methoxy groups -OCH3 is 2. The Morgan fingerprint density at radius 2 is 1.08 bits per heavy atom. The van der Waals surface area contributed by atoms with Crippen LogP contribution >= 0.6 is 0 Å². The number of ether oxygens (including phenoxy) is 2. The maximum absolute atomic E-state index is 14.0. The Bertz CT molecular complexity index is 2150. The molecule has 3 aliphatic carbocycles. The molecule has 9 rings (SSSR count). The molecule has 0 spiro atoms. The Morgan fingerprint density at radius 1 is 0.667 bits per heavy atom. The molecule has 2 aromatic heterocycles. The number of amides is 4. The molecule has 16 heteroatoms. The topological polar surface area (TPSA) is 215 Å². The molecule has 0 bridgehead atoms. The minimum Gasteiger partial charge on any atom is -0.453 e. The lowest BCUT2D eigenvalue weighted by molar-refractivity contribution is -0.140. The predicted octanol–water partition coefficient (Wildman–Crippen LogP) is 5.21. The summed E-state index contributed by atoms with van der Waals surface area (Å²) < 4.78 is 9.49. The number of aromatic amines is 2. The lowest BCUT2D eigenvalue weighted by atomic mass is 9.78. The van der Waals surface area contributed by atoms with Gasteiger partial charge >= 0.3 is 12.2 Å². The van der Waals surface area contributed by atoms with Crippen molar-refractivity contribution in [3.8, 4) is 44.8 Å². The summed E-state index contributed by atoms with van der Waals surface area (Å²) in [5.41, 5.74) is 8.08. The summed E-state index contributed by atoms with van der Waals surface area (Å²) in [6.07, 6.45) is 7.13. The van der Waals surface area contributed by atoms with Crippen molar-refractivity contribution in [3.05, 3.63) is 60.4 Å². The fourth-order valence-corrected chi connectivity index (χ4v) is 10.8. The molecule has 4 amide bonds. The van der Waals surface area contributed by atoms with Gasteiger partial charge in [-0.25, -0.2) is 19.6 Å². The van der Waals surface area contributed by atoms with Gasteiger partial charge < -0.3 is 50.1 Å². The molecular weight excluding hydrogens is 769 g/mol. The fraction of sp³-hybridized carbons (Fsp3) is 0.500. The number of carbonyl (C=O) groups excluding carboxylic acids is 4. The van der Waals surface area contributed by atoms with Crippen molar-refractivity contribution >= 4 is 24.0 Å². The second-order valence-electron chi connectivity index (χ2n) is 17.1. The van der Waals surface area contributed by atoms with E-state index < -0.39 is 36.5 Å². The summed E-state index contributed by atoms with van der Waals surface area (Å²) >= 11 is 0. The van der Waals surface area contributed by atoms with Crippen LogP contribution < -0.4 is 10.6 Å². The van der Waals surface area contributed by atoms with E-state index in [0.717, 1.165) is 96.1 Å². The van der Waals surface area contributed by atoms with Gasteiger partial charge in [0.15, 0.2) is 0 Å². The maximum atomic E-state index is 14.0. The monoisotopic (exact) mass is 820 g/mol. The van der Waals surface area contributed by atoms with E-state index in [1.165, 1.54) is 28.1 Å². The van der Waals surface area contributed by atoms with Crippen molar-refractivity contribution < 1.29 is 38.9 Å². The lowest BCUT2D eigenvalue weighted by Crippen LogP contribution is -2.55. The quantitative estimate of drug-likeness (QED) is 0.108. The summed E-state index contributed by atoms with van der Waals surface area (Å²) in [6, 6.07) is 9.74. The second kappa shape index (κ2) is 15.7. The first kappa shape index (κ1) is 39.7. The molecule has 0 radical (unpaired) electrons. The smallest absolute Gasteiger partial charge is 0.407 e. The first-order valence-electron chi connectivity index (χ1n) is 21.0. The van der Waals surface area contributed by atoms with Crippen LogP contribution in [0.1, 0.15) is 88.9 Å². The SMILES string of the molecule is COC(=O)N[C@H](C(=O)N1C(c2ncc(-c3ccc4c(c3)-c3ccc(-c5cnc([C@@H]6C[C@@H]7CCC[C@@H]7N6C(=O)[C@@H](NC(=O)OC)[C@@H](C)O)[nH]5)cc3-4)[nH]2)C[C@@H]2CCC[C@@H]21)[C@@H](C)O. The molecule has 6 N–H and O–H groups in total. The third-order valence-electron chi connectivity index (χ3n) is 13.7. The minimum atomic E-state index is -1.14. The standard InChI is InChI=1S/C44H52N8O8/c1-21(53)37(49-43(57)59-3)41(55)51-33-9-5-7-25(33)17-35(51)39-45-19-31(47-39)23-11-13-27-29(15-23)28-14-12-24(16-30(27)28)32-20-46-40(48-32)36-18-26-8-6-10-34(26)52(36)42(56)38(22(2)54)50-44(58)60-4/h11-16,19-22,25-26,33-38,53-54H,5-10,17-18H2,1-4H3,(H,45,47)(H,46,48)(H,49,57)(H,50,58)/t21-,22-,25+,26+,33+,34+,35+,36?,37+,38+/m1/s1.